The van der Waals surface area contributed by atoms with Crippen molar-refractivity contribution in [2.24, 2.45) is 5.92 Å². The van der Waals surface area contributed by atoms with E-state index < -0.39 is 12.0 Å². The van der Waals surface area contributed by atoms with E-state index in [4.69, 9.17) is 0 Å². The number of carbonyl (C=O) groups is 2. The molecule has 150 valence electrons. The number of hydrogen-bond donors (Lipinski definition) is 2. The summed E-state index contributed by atoms with van der Waals surface area (Å²) in [5, 5.41) is 11.6. The van der Waals surface area contributed by atoms with Crippen molar-refractivity contribution in [1.82, 2.24) is 15.2 Å². The molecule has 1 atom stereocenters. The third-order valence-electron chi connectivity index (χ3n) is 5.81. The molecule has 8 heteroatoms. The lowest BCUT2D eigenvalue weighted by molar-refractivity contribution is -0.141. The molecule has 0 radical (unpaired) electrons. The van der Waals surface area contributed by atoms with Gasteiger partial charge in [-0.1, -0.05) is 0 Å². The van der Waals surface area contributed by atoms with Crippen molar-refractivity contribution < 1.29 is 14.7 Å². The number of halogens is 1. The number of nitrogens with one attached hydrogen (secondary N) is 1. The number of carboxylic acid groups (broad SMARTS) is 1. The molecule has 0 spiro atoms. The standard InChI is InChI=1S/C19H28N4O3.ClH/c24-14-21-18(19(25)26)13-15-1-3-16(4-2-15)22-9-11-23(12-10-22)17-5-7-20-8-6-17;/h5-8,14-16,18H,1-4,9-13H2,(H,21,24)(H,25,26);1H/t15-,16-,18?;. The second-order valence-electron chi connectivity index (χ2n) is 7.31. The highest BCUT2D eigenvalue weighted by molar-refractivity contribution is 5.85. The maximum Gasteiger partial charge on any atom is 0.326 e. The molecule has 2 aliphatic rings. The van der Waals surface area contributed by atoms with Crippen LogP contribution in [0.15, 0.2) is 24.5 Å². The molecule has 1 unspecified atom stereocenters. The van der Waals surface area contributed by atoms with Crippen LogP contribution in [0.4, 0.5) is 5.69 Å². The van der Waals surface area contributed by atoms with Crippen LogP contribution < -0.4 is 10.2 Å². The summed E-state index contributed by atoms with van der Waals surface area (Å²) in [5.74, 6) is -0.552. The topological polar surface area (TPSA) is 85.8 Å². The maximum atomic E-state index is 11.2. The molecule has 0 aromatic carbocycles. The monoisotopic (exact) mass is 396 g/mol. The number of amides is 1. The van der Waals surface area contributed by atoms with Gasteiger partial charge in [0.25, 0.3) is 0 Å². The van der Waals surface area contributed by atoms with Crippen LogP contribution in [0.25, 0.3) is 0 Å². The van der Waals surface area contributed by atoms with E-state index in [-0.39, 0.29) is 12.4 Å². The number of anilines is 1. The van der Waals surface area contributed by atoms with Crippen LogP contribution in [-0.2, 0) is 9.59 Å². The fourth-order valence-electron chi connectivity index (χ4n) is 4.30. The van der Waals surface area contributed by atoms with Gasteiger partial charge in [-0.15, -0.1) is 12.4 Å². The molecule has 2 fully saturated rings. The number of aliphatic carboxylic acids is 1. The number of rotatable bonds is 7. The molecule has 1 saturated heterocycles. The molecule has 3 rings (SSSR count). The minimum Gasteiger partial charge on any atom is -0.480 e. The predicted molar refractivity (Wildman–Crippen MR) is 106 cm³/mol. The van der Waals surface area contributed by atoms with Crippen molar-refractivity contribution in [2.75, 3.05) is 31.1 Å². The lowest BCUT2D eigenvalue weighted by Gasteiger charge is -2.42. The van der Waals surface area contributed by atoms with Crippen molar-refractivity contribution in [2.45, 2.75) is 44.2 Å². The highest BCUT2D eigenvalue weighted by Gasteiger charge is 2.30. The number of piperazine rings is 1. The summed E-state index contributed by atoms with van der Waals surface area (Å²) in [5.41, 5.74) is 1.24. The van der Waals surface area contributed by atoms with E-state index in [0.717, 1.165) is 51.9 Å². The number of hydrogen-bond acceptors (Lipinski definition) is 5. The van der Waals surface area contributed by atoms with E-state index in [9.17, 15) is 14.7 Å². The second kappa shape index (κ2) is 10.5. The molecule has 1 amide bonds. The number of carboxylic acids is 1. The molecule has 1 aliphatic carbocycles. The van der Waals surface area contributed by atoms with Crippen molar-refractivity contribution >= 4 is 30.5 Å². The molecule has 1 aromatic rings. The Bertz CT molecular complexity index is 588. The van der Waals surface area contributed by atoms with Gasteiger partial charge in [0.2, 0.25) is 6.41 Å². The maximum absolute atomic E-state index is 11.2. The Labute approximate surface area is 166 Å². The Morgan fingerprint density at radius 2 is 1.81 bits per heavy atom. The first-order valence-electron chi connectivity index (χ1n) is 9.49. The summed E-state index contributed by atoms with van der Waals surface area (Å²) in [6, 6.07) is 3.98. The first kappa shape index (κ1) is 21.4. The van der Waals surface area contributed by atoms with Gasteiger partial charge < -0.3 is 15.3 Å². The summed E-state index contributed by atoms with van der Waals surface area (Å²) in [6.07, 6.45) is 9.03. The van der Waals surface area contributed by atoms with E-state index in [1.165, 1.54) is 5.69 Å². The van der Waals surface area contributed by atoms with E-state index in [2.05, 4.69) is 32.2 Å². The van der Waals surface area contributed by atoms with Gasteiger partial charge in [0.1, 0.15) is 6.04 Å². The first-order chi connectivity index (χ1) is 12.7. The van der Waals surface area contributed by atoms with Crippen LogP contribution >= 0.6 is 12.4 Å². The molecule has 0 bridgehead atoms. The SMILES string of the molecule is Cl.O=CNC(C[C@H]1CC[C@H](N2CCN(c3ccncc3)CC2)CC1)C(=O)O. The third kappa shape index (κ3) is 5.81. The molecule has 2 heterocycles. The van der Waals surface area contributed by atoms with Crippen LogP contribution in [0, 0.1) is 5.92 Å². The zero-order valence-electron chi connectivity index (χ0n) is 15.5. The van der Waals surface area contributed by atoms with E-state index in [1.807, 2.05) is 12.4 Å². The summed E-state index contributed by atoms with van der Waals surface area (Å²) in [4.78, 5) is 30.8. The highest BCUT2D eigenvalue weighted by Crippen LogP contribution is 2.31. The van der Waals surface area contributed by atoms with Gasteiger partial charge in [-0.2, -0.15) is 0 Å². The van der Waals surface area contributed by atoms with Crippen LogP contribution in [0.1, 0.15) is 32.1 Å². The zero-order valence-corrected chi connectivity index (χ0v) is 16.3. The summed E-state index contributed by atoms with van der Waals surface area (Å²) >= 11 is 0. The van der Waals surface area contributed by atoms with Crippen molar-refractivity contribution in [3.63, 3.8) is 0 Å². The Morgan fingerprint density at radius 1 is 1.19 bits per heavy atom. The molecule has 7 nitrogen and oxygen atoms in total. The summed E-state index contributed by atoms with van der Waals surface area (Å²) < 4.78 is 0. The Balaban J connectivity index is 0.00000261. The molecule has 2 N–H and O–H groups in total. The Morgan fingerprint density at radius 3 is 2.37 bits per heavy atom. The smallest absolute Gasteiger partial charge is 0.326 e. The summed E-state index contributed by atoms with van der Waals surface area (Å²) in [6.45, 7) is 4.22. The largest absolute Gasteiger partial charge is 0.480 e. The quantitative estimate of drug-likeness (QED) is 0.683. The Hall–Kier alpha value is -1.86. The number of nitrogens with zero attached hydrogens (tertiary/aromatic N) is 3. The van der Waals surface area contributed by atoms with Crippen LogP contribution in [-0.4, -0.2) is 65.6 Å². The van der Waals surface area contributed by atoms with Crippen molar-refractivity contribution in [1.29, 1.82) is 0 Å². The molecule has 1 aliphatic heterocycles. The van der Waals surface area contributed by atoms with Crippen LogP contribution in [0.5, 0.6) is 0 Å². The highest BCUT2D eigenvalue weighted by atomic mass is 35.5. The van der Waals surface area contributed by atoms with E-state index >= 15 is 0 Å². The molecule has 1 aromatic heterocycles. The number of aromatic nitrogens is 1. The van der Waals surface area contributed by atoms with Gasteiger partial charge in [0, 0.05) is 50.3 Å². The lowest BCUT2D eigenvalue weighted by atomic mass is 9.81. The number of pyridine rings is 1. The predicted octanol–water partition coefficient (Wildman–Crippen LogP) is 1.77. The summed E-state index contributed by atoms with van der Waals surface area (Å²) in [7, 11) is 0. The molecule has 1 saturated carbocycles. The van der Waals surface area contributed by atoms with Gasteiger partial charge in [-0.25, -0.2) is 4.79 Å². The van der Waals surface area contributed by atoms with Crippen molar-refractivity contribution in [3.8, 4) is 0 Å². The lowest BCUT2D eigenvalue weighted by Crippen LogP contribution is -2.51. The fourth-order valence-corrected chi connectivity index (χ4v) is 4.30. The normalized spacial score (nSPS) is 24.5. The molecular formula is C19H29ClN4O3. The average Bonchev–Trinajstić information content (AvgIpc) is 2.69. The van der Waals surface area contributed by atoms with Gasteiger partial charge in [0.05, 0.1) is 0 Å². The van der Waals surface area contributed by atoms with Gasteiger partial charge in [-0.05, 0) is 50.2 Å². The van der Waals surface area contributed by atoms with E-state index in [1.54, 1.807) is 0 Å². The Kier molecular flexibility index (Phi) is 8.31. The van der Waals surface area contributed by atoms with Crippen LogP contribution in [0.2, 0.25) is 0 Å². The minimum atomic E-state index is -0.938. The first-order valence-corrected chi connectivity index (χ1v) is 9.49. The van der Waals surface area contributed by atoms with Crippen LogP contribution in [0.3, 0.4) is 0 Å². The molecular weight excluding hydrogens is 368 g/mol. The third-order valence-corrected chi connectivity index (χ3v) is 5.81. The minimum absolute atomic E-state index is 0. The second-order valence-corrected chi connectivity index (χ2v) is 7.31. The zero-order chi connectivity index (χ0) is 18.4. The van der Waals surface area contributed by atoms with E-state index in [0.29, 0.717) is 24.8 Å². The average molecular weight is 397 g/mol. The van der Waals surface area contributed by atoms with Gasteiger partial charge in [0.15, 0.2) is 0 Å². The van der Waals surface area contributed by atoms with Gasteiger partial charge in [-0.3, -0.25) is 14.7 Å². The van der Waals surface area contributed by atoms with Crippen molar-refractivity contribution in [3.05, 3.63) is 24.5 Å². The molecule has 27 heavy (non-hydrogen) atoms. The number of carbonyl (C=O) groups excluding carboxylic acids is 1. The fraction of sp³-hybridized carbons (Fsp3) is 0.632. The van der Waals surface area contributed by atoms with Gasteiger partial charge >= 0.3 is 5.97 Å².